The lowest BCUT2D eigenvalue weighted by molar-refractivity contribution is -0.136. The van der Waals surface area contributed by atoms with Crippen LogP contribution in [0.25, 0.3) is 5.70 Å². The van der Waals surface area contributed by atoms with Crippen molar-refractivity contribution in [3.8, 4) is 11.5 Å². The van der Waals surface area contributed by atoms with Crippen LogP contribution in [0.3, 0.4) is 0 Å². The lowest BCUT2D eigenvalue weighted by atomic mass is 9.79. The zero-order chi connectivity index (χ0) is 20.7. The van der Waals surface area contributed by atoms with Crippen molar-refractivity contribution in [2.75, 3.05) is 21.3 Å². The van der Waals surface area contributed by atoms with Gasteiger partial charge >= 0.3 is 5.97 Å². The summed E-state index contributed by atoms with van der Waals surface area (Å²) in [5.74, 6) is -0.0799. The number of hydrogen-bond donors (Lipinski definition) is 1. The number of esters is 1. The Morgan fingerprint density at radius 1 is 1.00 bits per heavy atom. The molecular weight excluding hydrogens is 370 g/mol. The van der Waals surface area contributed by atoms with Gasteiger partial charge in [0.2, 0.25) is 0 Å². The standard InChI is InChI=1S/C23H21NO5/c1-12-18(23(26)29-4)19(16-10-9-13(27-2)11-17(16)28-3)20-21(24-12)14-7-5-6-8-15(14)22(20)25/h5-11,19,24H,1-4H3/t19-/m1/s1. The molecule has 0 amide bonds. The van der Waals surface area contributed by atoms with Crippen LogP contribution in [0.2, 0.25) is 0 Å². The van der Waals surface area contributed by atoms with Crippen LogP contribution in [0.15, 0.2) is 59.3 Å². The van der Waals surface area contributed by atoms with Gasteiger partial charge in [-0.2, -0.15) is 0 Å². The fraction of sp³-hybridized carbons (Fsp3) is 0.217. The van der Waals surface area contributed by atoms with Gasteiger partial charge in [0.1, 0.15) is 11.5 Å². The number of allylic oxidation sites excluding steroid dienone is 2. The van der Waals surface area contributed by atoms with Gasteiger partial charge in [0, 0.05) is 34.0 Å². The molecule has 1 heterocycles. The molecule has 1 atom stereocenters. The molecule has 1 aliphatic heterocycles. The fourth-order valence-electron chi connectivity index (χ4n) is 4.08. The van der Waals surface area contributed by atoms with Crippen molar-refractivity contribution in [3.63, 3.8) is 0 Å². The summed E-state index contributed by atoms with van der Waals surface area (Å²) >= 11 is 0. The molecular formula is C23H21NO5. The van der Waals surface area contributed by atoms with Gasteiger partial charge < -0.3 is 19.5 Å². The van der Waals surface area contributed by atoms with Crippen LogP contribution in [-0.4, -0.2) is 33.1 Å². The number of hydrogen-bond acceptors (Lipinski definition) is 6. The van der Waals surface area contributed by atoms with Gasteiger partial charge in [-0.1, -0.05) is 30.3 Å². The third-order valence-corrected chi connectivity index (χ3v) is 5.41. The van der Waals surface area contributed by atoms with Gasteiger partial charge in [0.25, 0.3) is 0 Å². The maximum absolute atomic E-state index is 13.4. The zero-order valence-electron chi connectivity index (χ0n) is 16.7. The minimum absolute atomic E-state index is 0.111. The van der Waals surface area contributed by atoms with Crippen LogP contribution in [0.4, 0.5) is 0 Å². The summed E-state index contributed by atoms with van der Waals surface area (Å²) < 4.78 is 15.9. The topological polar surface area (TPSA) is 73.9 Å². The number of methoxy groups -OCH3 is 3. The summed E-state index contributed by atoms with van der Waals surface area (Å²) in [7, 11) is 4.45. The molecule has 0 fully saturated rings. The van der Waals surface area contributed by atoms with E-state index < -0.39 is 11.9 Å². The number of benzene rings is 2. The summed E-state index contributed by atoms with van der Waals surface area (Å²) in [5, 5.41) is 3.26. The van der Waals surface area contributed by atoms with E-state index in [1.54, 1.807) is 32.4 Å². The maximum atomic E-state index is 13.4. The second kappa shape index (κ2) is 7.13. The summed E-state index contributed by atoms with van der Waals surface area (Å²) in [4.78, 5) is 26.1. The molecule has 0 aromatic heterocycles. The number of carbonyl (C=O) groups excluding carboxylic acids is 2. The zero-order valence-corrected chi connectivity index (χ0v) is 16.7. The van der Waals surface area contributed by atoms with E-state index in [-0.39, 0.29) is 5.78 Å². The maximum Gasteiger partial charge on any atom is 0.336 e. The van der Waals surface area contributed by atoms with E-state index in [0.717, 1.165) is 11.3 Å². The molecule has 0 radical (unpaired) electrons. The first-order valence-corrected chi connectivity index (χ1v) is 9.18. The predicted molar refractivity (Wildman–Crippen MR) is 108 cm³/mol. The van der Waals surface area contributed by atoms with Crippen LogP contribution in [-0.2, 0) is 9.53 Å². The number of carbonyl (C=O) groups is 2. The predicted octanol–water partition coefficient (Wildman–Crippen LogP) is 3.45. The lowest BCUT2D eigenvalue weighted by Crippen LogP contribution is -2.29. The van der Waals surface area contributed by atoms with Crippen molar-refractivity contribution in [1.82, 2.24) is 5.32 Å². The molecule has 4 rings (SSSR count). The Balaban J connectivity index is 1.98. The molecule has 0 unspecified atom stereocenters. The van der Waals surface area contributed by atoms with E-state index in [0.29, 0.717) is 39.5 Å². The molecule has 0 saturated carbocycles. The molecule has 0 saturated heterocycles. The van der Waals surface area contributed by atoms with Crippen molar-refractivity contribution in [2.24, 2.45) is 0 Å². The Morgan fingerprint density at radius 3 is 2.38 bits per heavy atom. The van der Waals surface area contributed by atoms with E-state index in [1.165, 1.54) is 7.11 Å². The number of rotatable bonds is 4. The first-order valence-electron chi connectivity index (χ1n) is 9.18. The van der Waals surface area contributed by atoms with Gasteiger partial charge in [0.05, 0.1) is 38.5 Å². The number of dihydropyridines is 1. The average molecular weight is 391 g/mol. The van der Waals surface area contributed by atoms with Crippen molar-refractivity contribution >= 4 is 17.4 Å². The molecule has 2 aliphatic rings. The van der Waals surface area contributed by atoms with E-state index in [9.17, 15) is 9.59 Å². The SMILES string of the molecule is COC(=O)C1=C(C)NC2=C(C(=O)c3ccccc32)[C@@H]1c1ccc(OC)cc1OC. The minimum Gasteiger partial charge on any atom is -0.497 e. The van der Waals surface area contributed by atoms with Gasteiger partial charge in [-0.25, -0.2) is 4.79 Å². The van der Waals surface area contributed by atoms with E-state index in [4.69, 9.17) is 14.2 Å². The van der Waals surface area contributed by atoms with Gasteiger partial charge in [0.15, 0.2) is 5.78 Å². The third-order valence-electron chi connectivity index (χ3n) is 5.41. The Morgan fingerprint density at radius 2 is 1.72 bits per heavy atom. The Kier molecular flexibility index (Phi) is 4.62. The van der Waals surface area contributed by atoms with Gasteiger partial charge in [-0.15, -0.1) is 0 Å². The van der Waals surface area contributed by atoms with Crippen LogP contribution in [0.5, 0.6) is 11.5 Å². The summed E-state index contributed by atoms with van der Waals surface area (Å²) in [5.41, 5.74) is 4.40. The molecule has 2 aromatic rings. The van der Waals surface area contributed by atoms with Crippen molar-refractivity contribution in [3.05, 3.63) is 76.0 Å². The molecule has 1 aliphatic carbocycles. The molecule has 0 bridgehead atoms. The van der Waals surface area contributed by atoms with Crippen molar-refractivity contribution < 1.29 is 23.8 Å². The minimum atomic E-state index is -0.626. The highest BCUT2D eigenvalue weighted by Crippen LogP contribution is 2.49. The summed E-state index contributed by atoms with van der Waals surface area (Å²) in [6, 6.07) is 12.8. The van der Waals surface area contributed by atoms with E-state index in [2.05, 4.69) is 5.32 Å². The molecule has 6 heteroatoms. The number of Topliss-reactive ketones (excluding diaryl/α,β-unsaturated/α-hetero) is 1. The largest absolute Gasteiger partial charge is 0.497 e. The number of ether oxygens (including phenoxy) is 3. The van der Waals surface area contributed by atoms with E-state index in [1.807, 2.05) is 31.2 Å². The summed E-state index contributed by atoms with van der Waals surface area (Å²) in [6.07, 6.45) is 0. The second-order valence-electron chi connectivity index (χ2n) is 6.86. The molecule has 0 spiro atoms. The second-order valence-corrected chi connectivity index (χ2v) is 6.86. The van der Waals surface area contributed by atoms with Gasteiger partial charge in [-0.3, -0.25) is 4.79 Å². The van der Waals surface area contributed by atoms with Crippen molar-refractivity contribution in [2.45, 2.75) is 12.8 Å². The highest BCUT2D eigenvalue weighted by Gasteiger charge is 2.43. The molecule has 2 aromatic carbocycles. The van der Waals surface area contributed by atoms with Crippen LogP contribution in [0, 0.1) is 0 Å². The van der Waals surface area contributed by atoms with Crippen LogP contribution in [0.1, 0.15) is 34.3 Å². The number of fused-ring (bicyclic) bond motifs is 2. The monoisotopic (exact) mass is 391 g/mol. The van der Waals surface area contributed by atoms with Crippen molar-refractivity contribution in [1.29, 1.82) is 0 Å². The molecule has 6 nitrogen and oxygen atoms in total. The van der Waals surface area contributed by atoms with E-state index >= 15 is 0 Å². The molecule has 29 heavy (non-hydrogen) atoms. The number of nitrogens with one attached hydrogen (secondary N) is 1. The van der Waals surface area contributed by atoms with Crippen LogP contribution < -0.4 is 14.8 Å². The average Bonchev–Trinajstić information content (AvgIpc) is 3.03. The highest BCUT2D eigenvalue weighted by molar-refractivity contribution is 6.23. The number of ketones is 1. The smallest absolute Gasteiger partial charge is 0.336 e. The first kappa shape index (κ1) is 18.8. The summed E-state index contributed by atoms with van der Waals surface area (Å²) in [6.45, 7) is 1.81. The normalized spacial score (nSPS) is 17.5. The fourth-order valence-corrected chi connectivity index (χ4v) is 4.08. The Bertz CT molecular complexity index is 1100. The Labute approximate surface area is 168 Å². The van der Waals surface area contributed by atoms with Gasteiger partial charge in [-0.05, 0) is 13.0 Å². The third kappa shape index (κ3) is 2.79. The van der Waals surface area contributed by atoms with Crippen LogP contribution >= 0.6 is 0 Å². The Hall–Kier alpha value is -3.54. The highest BCUT2D eigenvalue weighted by atomic mass is 16.5. The molecule has 1 N–H and O–H groups in total. The first-order chi connectivity index (χ1) is 14.0. The quantitative estimate of drug-likeness (QED) is 0.805. The lowest BCUT2D eigenvalue weighted by Gasteiger charge is -2.30. The molecule has 148 valence electrons.